The Bertz CT molecular complexity index is 1160. The normalized spacial score (nSPS) is 15.8. The molecule has 0 radical (unpaired) electrons. The molecule has 0 bridgehead atoms. The van der Waals surface area contributed by atoms with E-state index in [-0.39, 0.29) is 23.9 Å². The zero-order valence-corrected chi connectivity index (χ0v) is 18.0. The Morgan fingerprint density at radius 1 is 1.03 bits per heavy atom. The number of amides is 1. The Labute approximate surface area is 176 Å². The van der Waals surface area contributed by atoms with Gasteiger partial charge in [0, 0.05) is 31.9 Å². The summed E-state index contributed by atoms with van der Waals surface area (Å²) in [6.45, 7) is 5.44. The first-order valence-electron chi connectivity index (χ1n) is 10.2. The van der Waals surface area contributed by atoms with E-state index in [1.807, 2.05) is 30.3 Å². The largest absolute Gasteiger partial charge is 0.335 e. The molecule has 1 saturated heterocycles. The molecule has 8 heteroatoms. The van der Waals surface area contributed by atoms with Crippen molar-refractivity contribution in [3.63, 3.8) is 0 Å². The molecule has 158 valence electrons. The van der Waals surface area contributed by atoms with Gasteiger partial charge in [-0.05, 0) is 41.3 Å². The third-order valence-electron chi connectivity index (χ3n) is 5.36. The minimum atomic E-state index is -3.60. The van der Waals surface area contributed by atoms with Crippen molar-refractivity contribution in [2.45, 2.75) is 25.2 Å². The van der Waals surface area contributed by atoms with Crippen molar-refractivity contribution in [3.05, 3.63) is 59.9 Å². The predicted molar refractivity (Wildman–Crippen MR) is 116 cm³/mol. The van der Waals surface area contributed by atoms with Crippen LogP contribution in [0.15, 0.2) is 53.4 Å². The summed E-state index contributed by atoms with van der Waals surface area (Å²) in [5.74, 6) is 0.307. The number of hydrogen-bond donors (Lipinski definition) is 1. The summed E-state index contributed by atoms with van der Waals surface area (Å²) in [6, 6.07) is 14.7. The van der Waals surface area contributed by atoms with Gasteiger partial charge in [-0.15, -0.1) is 0 Å². The van der Waals surface area contributed by atoms with Crippen molar-refractivity contribution in [2.75, 3.05) is 26.2 Å². The Morgan fingerprint density at radius 3 is 2.43 bits per heavy atom. The highest BCUT2D eigenvalue weighted by Crippen LogP contribution is 2.23. The third-order valence-corrected chi connectivity index (χ3v) is 7.26. The van der Waals surface area contributed by atoms with E-state index in [9.17, 15) is 13.2 Å². The lowest BCUT2D eigenvalue weighted by atomic mass is 10.1. The van der Waals surface area contributed by atoms with Crippen molar-refractivity contribution in [1.82, 2.24) is 19.4 Å². The molecule has 1 aliphatic rings. The maximum Gasteiger partial charge on any atom is 0.274 e. The number of H-pyrrole nitrogens is 1. The third kappa shape index (κ3) is 4.11. The molecule has 3 aromatic rings. The first-order valence-corrected chi connectivity index (χ1v) is 11.6. The van der Waals surface area contributed by atoms with Crippen molar-refractivity contribution < 1.29 is 13.2 Å². The van der Waals surface area contributed by atoms with Gasteiger partial charge in [0.05, 0.1) is 4.90 Å². The minimum absolute atomic E-state index is 0.163. The Hall–Kier alpha value is -2.71. The van der Waals surface area contributed by atoms with Gasteiger partial charge in [-0.2, -0.15) is 9.40 Å². The summed E-state index contributed by atoms with van der Waals surface area (Å²) in [5.41, 5.74) is 1.32. The molecule has 0 spiro atoms. The van der Waals surface area contributed by atoms with Crippen LogP contribution in [0.4, 0.5) is 0 Å². The van der Waals surface area contributed by atoms with Gasteiger partial charge in [-0.3, -0.25) is 9.89 Å². The monoisotopic (exact) mass is 426 g/mol. The van der Waals surface area contributed by atoms with E-state index >= 15 is 0 Å². The average Bonchev–Trinajstić information content (AvgIpc) is 3.20. The molecule has 7 nitrogen and oxygen atoms in total. The molecule has 1 aromatic heterocycles. The summed E-state index contributed by atoms with van der Waals surface area (Å²) in [4.78, 5) is 14.7. The molecule has 0 unspecified atom stereocenters. The van der Waals surface area contributed by atoms with Crippen LogP contribution in [-0.4, -0.2) is 59.9 Å². The number of aromatic nitrogens is 2. The maximum atomic E-state index is 13.1. The van der Waals surface area contributed by atoms with E-state index in [0.29, 0.717) is 24.7 Å². The van der Waals surface area contributed by atoms with Crippen LogP contribution in [-0.2, 0) is 16.4 Å². The Balaban J connectivity index is 1.44. The topological polar surface area (TPSA) is 86.4 Å². The molecule has 1 N–H and O–H groups in total. The number of rotatable bonds is 5. The maximum absolute atomic E-state index is 13.1. The number of nitrogens with zero attached hydrogens (tertiary/aromatic N) is 3. The highest BCUT2D eigenvalue weighted by molar-refractivity contribution is 7.89. The number of aromatic amines is 1. The minimum Gasteiger partial charge on any atom is -0.335 e. The SMILES string of the molecule is CC(C)Cc1cc(C(=O)N2CCN(S(=O)(=O)c3ccc4ccccc4c3)CC2)n[nH]1. The van der Waals surface area contributed by atoms with Gasteiger partial charge >= 0.3 is 0 Å². The second-order valence-corrected chi connectivity index (χ2v) is 10.0. The average molecular weight is 427 g/mol. The number of nitrogens with one attached hydrogen (secondary N) is 1. The molecule has 1 amide bonds. The van der Waals surface area contributed by atoms with Crippen LogP contribution in [0.3, 0.4) is 0 Å². The van der Waals surface area contributed by atoms with E-state index < -0.39 is 10.0 Å². The predicted octanol–water partition coefficient (Wildman–Crippen LogP) is 2.91. The van der Waals surface area contributed by atoms with E-state index in [1.165, 1.54) is 4.31 Å². The van der Waals surface area contributed by atoms with Gasteiger partial charge in [-0.1, -0.05) is 44.2 Å². The summed E-state index contributed by atoms with van der Waals surface area (Å²) >= 11 is 0. The standard InChI is InChI=1S/C22H26N4O3S/c1-16(2)13-19-15-21(24-23-19)22(27)25-9-11-26(12-10-25)30(28,29)20-8-7-17-5-3-4-6-18(17)14-20/h3-8,14-16H,9-13H2,1-2H3,(H,23,24). The second kappa shape index (κ2) is 8.20. The molecule has 30 heavy (non-hydrogen) atoms. The molecule has 0 saturated carbocycles. The van der Waals surface area contributed by atoms with Crippen molar-refractivity contribution in [3.8, 4) is 0 Å². The zero-order valence-electron chi connectivity index (χ0n) is 17.2. The van der Waals surface area contributed by atoms with Crippen LogP contribution in [0, 0.1) is 5.92 Å². The number of sulfonamides is 1. The fraction of sp³-hybridized carbons (Fsp3) is 0.364. The van der Waals surface area contributed by atoms with E-state index in [4.69, 9.17) is 0 Å². The van der Waals surface area contributed by atoms with Crippen LogP contribution >= 0.6 is 0 Å². The summed E-state index contributed by atoms with van der Waals surface area (Å²) < 4.78 is 27.6. The fourth-order valence-electron chi connectivity index (χ4n) is 3.79. The van der Waals surface area contributed by atoms with Crippen molar-refractivity contribution in [2.24, 2.45) is 5.92 Å². The fourth-order valence-corrected chi connectivity index (χ4v) is 5.24. The molecule has 0 aliphatic carbocycles. The molecule has 4 rings (SSSR count). The van der Waals surface area contributed by atoms with Crippen LogP contribution in [0.2, 0.25) is 0 Å². The number of piperazine rings is 1. The highest BCUT2D eigenvalue weighted by Gasteiger charge is 2.31. The van der Waals surface area contributed by atoms with E-state index in [2.05, 4.69) is 24.0 Å². The lowest BCUT2D eigenvalue weighted by Crippen LogP contribution is -2.50. The van der Waals surface area contributed by atoms with Gasteiger partial charge in [0.25, 0.3) is 5.91 Å². The smallest absolute Gasteiger partial charge is 0.274 e. The summed E-state index contributed by atoms with van der Waals surface area (Å²) in [6.07, 6.45) is 0.831. The van der Waals surface area contributed by atoms with Crippen LogP contribution in [0.5, 0.6) is 0 Å². The van der Waals surface area contributed by atoms with Crippen LogP contribution in [0.25, 0.3) is 10.8 Å². The molecule has 1 fully saturated rings. The zero-order chi connectivity index (χ0) is 21.3. The number of fused-ring (bicyclic) bond motifs is 1. The number of carbonyl (C=O) groups is 1. The number of carbonyl (C=O) groups excluding carboxylic acids is 1. The quantitative estimate of drug-likeness (QED) is 0.680. The summed E-state index contributed by atoms with van der Waals surface area (Å²) in [7, 11) is -3.60. The molecular weight excluding hydrogens is 400 g/mol. The number of hydrogen-bond acceptors (Lipinski definition) is 4. The van der Waals surface area contributed by atoms with E-state index in [1.54, 1.807) is 23.1 Å². The first kappa shape index (κ1) is 20.6. The van der Waals surface area contributed by atoms with Crippen molar-refractivity contribution in [1.29, 1.82) is 0 Å². The lowest BCUT2D eigenvalue weighted by Gasteiger charge is -2.33. The number of benzene rings is 2. The van der Waals surface area contributed by atoms with E-state index in [0.717, 1.165) is 22.9 Å². The second-order valence-electron chi connectivity index (χ2n) is 8.08. The lowest BCUT2D eigenvalue weighted by molar-refractivity contribution is 0.0692. The van der Waals surface area contributed by atoms with Gasteiger partial charge in [0.1, 0.15) is 5.69 Å². The molecule has 1 aliphatic heterocycles. The van der Waals surface area contributed by atoms with Crippen LogP contribution < -0.4 is 0 Å². The molecule has 2 aromatic carbocycles. The summed E-state index contributed by atoms with van der Waals surface area (Å²) in [5, 5.41) is 8.96. The Morgan fingerprint density at radius 2 is 1.73 bits per heavy atom. The highest BCUT2D eigenvalue weighted by atomic mass is 32.2. The van der Waals surface area contributed by atoms with Gasteiger partial charge < -0.3 is 4.90 Å². The van der Waals surface area contributed by atoms with Gasteiger partial charge in [-0.25, -0.2) is 8.42 Å². The molecule has 2 heterocycles. The van der Waals surface area contributed by atoms with Gasteiger partial charge in [0.2, 0.25) is 10.0 Å². The van der Waals surface area contributed by atoms with Crippen LogP contribution in [0.1, 0.15) is 30.0 Å². The first-order chi connectivity index (χ1) is 14.3. The molecule has 0 atom stereocenters. The van der Waals surface area contributed by atoms with Gasteiger partial charge in [0.15, 0.2) is 0 Å². The Kier molecular flexibility index (Phi) is 5.62. The van der Waals surface area contributed by atoms with Crippen molar-refractivity contribution >= 4 is 26.7 Å². The molecular formula is C22H26N4O3S.